The van der Waals surface area contributed by atoms with Crippen LogP contribution in [0.25, 0.3) is 11.0 Å². The van der Waals surface area contributed by atoms with Gasteiger partial charge in [0.1, 0.15) is 17.5 Å². The van der Waals surface area contributed by atoms with Crippen molar-refractivity contribution in [3.8, 4) is 0 Å². The van der Waals surface area contributed by atoms with Crippen molar-refractivity contribution in [1.29, 1.82) is 0 Å². The summed E-state index contributed by atoms with van der Waals surface area (Å²) in [6.07, 6.45) is 0.772. The van der Waals surface area contributed by atoms with E-state index in [1.165, 1.54) is 4.90 Å². The van der Waals surface area contributed by atoms with Crippen molar-refractivity contribution in [3.63, 3.8) is 0 Å². The summed E-state index contributed by atoms with van der Waals surface area (Å²) in [4.78, 5) is 30.3. The molecular formula is C20H29N3O4. The molecule has 0 saturated heterocycles. The van der Waals surface area contributed by atoms with E-state index < -0.39 is 23.7 Å². The first-order valence-corrected chi connectivity index (χ1v) is 9.26. The fourth-order valence-corrected chi connectivity index (χ4v) is 3.03. The number of carboxylic acid groups (broad SMARTS) is 1. The molecule has 1 amide bonds. The second-order valence-corrected chi connectivity index (χ2v) is 7.64. The number of hydrogen-bond acceptors (Lipinski definition) is 4. The maximum atomic E-state index is 12.5. The largest absolute Gasteiger partial charge is 0.480 e. The van der Waals surface area contributed by atoms with E-state index in [9.17, 15) is 14.7 Å². The zero-order valence-corrected chi connectivity index (χ0v) is 16.7. The van der Waals surface area contributed by atoms with Crippen LogP contribution in [0.15, 0.2) is 24.3 Å². The van der Waals surface area contributed by atoms with Gasteiger partial charge in [-0.05, 0) is 45.7 Å². The van der Waals surface area contributed by atoms with Gasteiger partial charge in [0.25, 0.3) is 0 Å². The Morgan fingerprint density at radius 3 is 2.52 bits per heavy atom. The quantitative estimate of drug-likeness (QED) is 0.799. The molecule has 0 aliphatic rings. The molecule has 7 heteroatoms. The lowest BCUT2D eigenvalue weighted by molar-refractivity contribution is -0.143. The number of carbonyl (C=O) groups excluding carboxylic acids is 1. The summed E-state index contributed by atoms with van der Waals surface area (Å²) in [5, 5.41) is 9.73. The third-order valence-corrected chi connectivity index (χ3v) is 4.27. The number of rotatable bonds is 7. The van der Waals surface area contributed by atoms with Gasteiger partial charge in [-0.25, -0.2) is 14.6 Å². The van der Waals surface area contributed by atoms with Gasteiger partial charge in [0.2, 0.25) is 0 Å². The standard InChI is InChI=1S/C20H29N3O4/c1-6-13-23(19(26)27-20(2,3)4)16(18(24)25)11-12-17-21-14-9-7-8-10-15(14)22(17)5/h7-10,16H,6,11-13H2,1-5H3,(H,24,25). The van der Waals surface area contributed by atoms with Gasteiger partial charge in [0, 0.05) is 20.0 Å². The van der Waals surface area contributed by atoms with Gasteiger partial charge in [-0.2, -0.15) is 0 Å². The van der Waals surface area contributed by atoms with Crippen molar-refractivity contribution in [2.45, 2.75) is 58.6 Å². The van der Waals surface area contributed by atoms with E-state index in [1.807, 2.05) is 42.8 Å². The number of nitrogens with zero attached hydrogens (tertiary/aromatic N) is 3. The van der Waals surface area contributed by atoms with Crippen LogP contribution in [0, 0.1) is 0 Å². The van der Waals surface area contributed by atoms with E-state index in [1.54, 1.807) is 20.8 Å². The number of aromatic nitrogens is 2. The Hall–Kier alpha value is -2.57. The predicted molar refractivity (Wildman–Crippen MR) is 104 cm³/mol. The monoisotopic (exact) mass is 375 g/mol. The van der Waals surface area contributed by atoms with Crippen LogP contribution in [0.3, 0.4) is 0 Å². The second-order valence-electron chi connectivity index (χ2n) is 7.64. The van der Waals surface area contributed by atoms with Gasteiger partial charge in [-0.15, -0.1) is 0 Å². The molecular weight excluding hydrogens is 346 g/mol. The summed E-state index contributed by atoms with van der Waals surface area (Å²) < 4.78 is 7.37. The van der Waals surface area contributed by atoms with Crippen LogP contribution in [0.1, 0.15) is 46.4 Å². The summed E-state index contributed by atoms with van der Waals surface area (Å²) in [6.45, 7) is 7.54. The van der Waals surface area contributed by atoms with Crippen LogP contribution in [0.4, 0.5) is 4.79 Å². The number of carbonyl (C=O) groups is 2. The minimum Gasteiger partial charge on any atom is -0.480 e. The molecule has 1 aromatic carbocycles. The van der Waals surface area contributed by atoms with Crippen molar-refractivity contribution in [3.05, 3.63) is 30.1 Å². The Kier molecular flexibility index (Phi) is 6.46. The highest BCUT2D eigenvalue weighted by Crippen LogP contribution is 2.19. The van der Waals surface area contributed by atoms with Gasteiger partial charge < -0.3 is 14.4 Å². The van der Waals surface area contributed by atoms with E-state index in [4.69, 9.17) is 4.74 Å². The maximum Gasteiger partial charge on any atom is 0.411 e. The van der Waals surface area contributed by atoms with Crippen LogP contribution < -0.4 is 0 Å². The molecule has 2 aromatic rings. The predicted octanol–water partition coefficient (Wildman–Crippen LogP) is 3.61. The van der Waals surface area contributed by atoms with E-state index in [0.29, 0.717) is 19.4 Å². The molecule has 1 aromatic heterocycles. The van der Waals surface area contributed by atoms with Crippen molar-refractivity contribution in [2.24, 2.45) is 7.05 Å². The van der Waals surface area contributed by atoms with Crippen LogP contribution in [0.5, 0.6) is 0 Å². The molecule has 0 aliphatic heterocycles. The SMILES string of the molecule is CCCN(C(=O)OC(C)(C)C)C(CCc1nc2ccccc2n1C)C(=O)O. The summed E-state index contributed by atoms with van der Waals surface area (Å²) in [6, 6.07) is 6.81. The Morgan fingerprint density at radius 1 is 1.30 bits per heavy atom. The number of ether oxygens (including phenoxy) is 1. The molecule has 27 heavy (non-hydrogen) atoms. The van der Waals surface area contributed by atoms with E-state index in [-0.39, 0.29) is 6.42 Å². The normalized spacial score (nSPS) is 12.8. The van der Waals surface area contributed by atoms with E-state index in [0.717, 1.165) is 16.9 Å². The first-order valence-electron chi connectivity index (χ1n) is 9.26. The minimum absolute atomic E-state index is 0.270. The lowest BCUT2D eigenvalue weighted by Gasteiger charge is -2.31. The van der Waals surface area contributed by atoms with Gasteiger partial charge in [0.15, 0.2) is 0 Å². The number of imidazole rings is 1. The lowest BCUT2D eigenvalue weighted by Crippen LogP contribution is -2.47. The highest BCUT2D eigenvalue weighted by molar-refractivity contribution is 5.80. The topological polar surface area (TPSA) is 84.7 Å². The van der Waals surface area contributed by atoms with Gasteiger partial charge in [-0.3, -0.25) is 4.90 Å². The van der Waals surface area contributed by atoms with Crippen LogP contribution >= 0.6 is 0 Å². The average Bonchev–Trinajstić information content (AvgIpc) is 2.89. The summed E-state index contributed by atoms with van der Waals surface area (Å²) >= 11 is 0. The molecule has 1 atom stereocenters. The number of hydrogen-bond donors (Lipinski definition) is 1. The fourth-order valence-electron chi connectivity index (χ4n) is 3.03. The number of aliphatic carboxylic acids is 1. The van der Waals surface area contributed by atoms with E-state index in [2.05, 4.69) is 4.98 Å². The zero-order chi connectivity index (χ0) is 20.2. The van der Waals surface area contributed by atoms with Crippen LogP contribution in [-0.2, 0) is 23.0 Å². The number of para-hydroxylation sites is 2. The number of benzene rings is 1. The Labute approximate surface area is 159 Å². The third-order valence-electron chi connectivity index (χ3n) is 4.27. The smallest absolute Gasteiger partial charge is 0.411 e. The molecule has 0 bridgehead atoms. The Bertz CT molecular complexity index is 807. The average molecular weight is 375 g/mol. The first-order chi connectivity index (χ1) is 12.6. The summed E-state index contributed by atoms with van der Waals surface area (Å²) in [7, 11) is 1.91. The van der Waals surface area contributed by atoms with Crippen LogP contribution in [-0.4, -0.2) is 49.8 Å². The molecule has 0 spiro atoms. The molecule has 0 fully saturated rings. The van der Waals surface area contributed by atoms with Crippen molar-refractivity contribution < 1.29 is 19.4 Å². The molecule has 1 N–H and O–H groups in total. The van der Waals surface area contributed by atoms with Crippen molar-refractivity contribution in [2.75, 3.05) is 6.54 Å². The number of fused-ring (bicyclic) bond motifs is 1. The van der Waals surface area contributed by atoms with E-state index >= 15 is 0 Å². The van der Waals surface area contributed by atoms with Crippen LogP contribution in [0.2, 0.25) is 0 Å². The van der Waals surface area contributed by atoms with Gasteiger partial charge in [0.05, 0.1) is 11.0 Å². The number of aryl methyl sites for hydroxylation is 2. The molecule has 1 heterocycles. The maximum absolute atomic E-state index is 12.5. The second kappa shape index (κ2) is 8.41. The summed E-state index contributed by atoms with van der Waals surface area (Å²) in [5.74, 6) is -0.240. The number of carboxylic acids is 1. The first kappa shape index (κ1) is 20.7. The Morgan fingerprint density at radius 2 is 1.96 bits per heavy atom. The minimum atomic E-state index is -1.03. The fraction of sp³-hybridized carbons (Fsp3) is 0.550. The highest BCUT2D eigenvalue weighted by atomic mass is 16.6. The van der Waals surface area contributed by atoms with Gasteiger partial charge in [-0.1, -0.05) is 19.1 Å². The summed E-state index contributed by atoms with van der Waals surface area (Å²) in [5.41, 5.74) is 1.19. The number of amides is 1. The molecule has 1 unspecified atom stereocenters. The van der Waals surface area contributed by atoms with Crippen molar-refractivity contribution in [1.82, 2.24) is 14.5 Å². The molecule has 2 rings (SSSR count). The molecule has 0 saturated carbocycles. The Balaban J connectivity index is 2.20. The zero-order valence-electron chi connectivity index (χ0n) is 16.7. The molecule has 0 radical (unpaired) electrons. The third kappa shape index (κ3) is 5.21. The molecule has 148 valence electrons. The molecule has 7 nitrogen and oxygen atoms in total. The van der Waals surface area contributed by atoms with Crippen molar-refractivity contribution >= 4 is 23.1 Å². The molecule has 0 aliphatic carbocycles. The highest BCUT2D eigenvalue weighted by Gasteiger charge is 2.32. The van der Waals surface area contributed by atoms with Gasteiger partial charge >= 0.3 is 12.1 Å². The lowest BCUT2D eigenvalue weighted by atomic mass is 10.1.